The van der Waals surface area contributed by atoms with Crippen molar-refractivity contribution in [1.82, 2.24) is 4.90 Å². The Balaban J connectivity index is 2.90. The van der Waals surface area contributed by atoms with Crippen molar-refractivity contribution < 1.29 is 23.9 Å². The Bertz CT molecular complexity index is 355. The zero-order valence-electron chi connectivity index (χ0n) is 10.6. The lowest BCUT2D eigenvalue weighted by Crippen LogP contribution is -2.45. The first-order valence-corrected chi connectivity index (χ1v) is 5.41. The number of ether oxygens (including phenoxy) is 2. The van der Waals surface area contributed by atoms with Gasteiger partial charge >= 0.3 is 18.2 Å². The monoisotopic (exact) mass is 243 g/mol. The van der Waals surface area contributed by atoms with Crippen LogP contribution in [-0.4, -0.2) is 34.7 Å². The largest absolute Gasteiger partial charge is 0.443 e. The van der Waals surface area contributed by atoms with Crippen LogP contribution >= 0.6 is 0 Å². The number of rotatable bonds is 1. The molecular formula is C11H17NO5. The predicted molar refractivity (Wildman–Crippen MR) is 58.2 cm³/mol. The maximum atomic E-state index is 11.8. The molecule has 0 aromatic rings. The number of hydrogen-bond donors (Lipinski definition) is 0. The first-order valence-electron chi connectivity index (χ1n) is 5.41. The van der Waals surface area contributed by atoms with Crippen LogP contribution in [-0.2, 0) is 14.3 Å². The number of cyclic esters (lactones) is 2. The fourth-order valence-corrected chi connectivity index (χ4v) is 1.48. The molecule has 0 saturated carbocycles. The number of imide groups is 1. The SMILES string of the molecule is CC(C)[C@@H]1C(=O)OC(=O)N1C(=O)OC(C)(C)C. The van der Waals surface area contributed by atoms with E-state index < -0.39 is 29.8 Å². The number of amides is 2. The van der Waals surface area contributed by atoms with Crippen LogP contribution < -0.4 is 0 Å². The normalized spacial score (nSPS) is 20.8. The predicted octanol–water partition coefficient (Wildman–Crippen LogP) is 1.92. The molecule has 0 aromatic heterocycles. The van der Waals surface area contributed by atoms with Crippen LogP contribution in [0.4, 0.5) is 9.59 Å². The van der Waals surface area contributed by atoms with Gasteiger partial charge in [-0.15, -0.1) is 0 Å². The van der Waals surface area contributed by atoms with Crippen LogP contribution in [0.3, 0.4) is 0 Å². The van der Waals surface area contributed by atoms with Crippen molar-refractivity contribution in [2.45, 2.75) is 46.3 Å². The van der Waals surface area contributed by atoms with Crippen molar-refractivity contribution in [1.29, 1.82) is 0 Å². The summed E-state index contributed by atoms with van der Waals surface area (Å²) in [5, 5.41) is 0. The Labute approximate surface area is 99.9 Å². The van der Waals surface area contributed by atoms with Gasteiger partial charge in [0.1, 0.15) is 11.6 Å². The molecule has 0 bridgehead atoms. The van der Waals surface area contributed by atoms with Crippen LogP contribution in [0.25, 0.3) is 0 Å². The Morgan fingerprint density at radius 1 is 1.35 bits per heavy atom. The molecule has 1 heterocycles. The molecule has 0 aromatic carbocycles. The van der Waals surface area contributed by atoms with E-state index >= 15 is 0 Å². The van der Waals surface area contributed by atoms with Crippen LogP contribution in [0, 0.1) is 5.92 Å². The first-order chi connectivity index (χ1) is 7.63. The molecular weight excluding hydrogens is 226 g/mol. The van der Waals surface area contributed by atoms with E-state index in [2.05, 4.69) is 4.74 Å². The Kier molecular flexibility index (Phi) is 3.45. The van der Waals surface area contributed by atoms with Crippen molar-refractivity contribution in [2.75, 3.05) is 0 Å². The number of carbonyl (C=O) groups is 3. The van der Waals surface area contributed by atoms with Crippen LogP contribution in [0.2, 0.25) is 0 Å². The second kappa shape index (κ2) is 4.35. The second-order valence-electron chi connectivity index (χ2n) is 5.23. The number of nitrogens with zero attached hydrogens (tertiary/aromatic N) is 1. The van der Waals surface area contributed by atoms with Gasteiger partial charge in [-0.2, -0.15) is 4.90 Å². The zero-order valence-corrected chi connectivity index (χ0v) is 10.6. The first kappa shape index (κ1) is 13.5. The van der Waals surface area contributed by atoms with E-state index in [0.29, 0.717) is 0 Å². The minimum atomic E-state index is -0.969. The highest BCUT2D eigenvalue weighted by atomic mass is 16.6. The summed E-state index contributed by atoms with van der Waals surface area (Å²) in [6, 6.07) is -0.905. The summed E-state index contributed by atoms with van der Waals surface area (Å²) < 4.78 is 9.49. The van der Waals surface area contributed by atoms with E-state index in [-0.39, 0.29) is 5.92 Å². The summed E-state index contributed by atoms with van der Waals surface area (Å²) in [7, 11) is 0. The van der Waals surface area contributed by atoms with Gasteiger partial charge in [0.05, 0.1) is 0 Å². The van der Waals surface area contributed by atoms with Crippen molar-refractivity contribution in [3.8, 4) is 0 Å². The maximum Gasteiger partial charge on any atom is 0.427 e. The Morgan fingerprint density at radius 3 is 2.29 bits per heavy atom. The zero-order chi connectivity index (χ0) is 13.4. The number of carbonyl (C=O) groups excluding carboxylic acids is 3. The van der Waals surface area contributed by atoms with E-state index in [1.54, 1.807) is 34.6 Å². The molecule has 2 amide bonds. The van der Waals surface area contributed by atoms with Gasteiger partial charge in [-0.1, -0.05) is 13.8 Å². The fraction of sp³-hybridized carbons (Fsp3) is 0.727. The van der Waals surface area contributed by atoms with Gasteiger partial charge in [0.25, 0.3) is 0 Å². The molecule has 1 rings (SSSR count). The van der Waals surface area contributed by atoms with Crippen molar-refractivity contribution in [3.05, 3.63) is 0 Å². The van der Waals surface area contributed by atoms with E-state index in [0.717, 1.165) is 4.90 Å². The third kappa shape index (κ3) is 2.95. The Morgan fingerprint density at radius 2 is 1.88 bits per heavy atom. The van der Waals surface area contributed by atoms with Gasteiger partial charge in [0, 0.05) is 0 Å². The smallest absolute Gasteiger partial charge is 0.427 e. The third-order valence-corrected chi connectivity index (χ3v) is 2.13. The highest BCUT2D eigenvalue weighted by Crippen LogP contribution is 2.23. The van der Waals surface area contributed by atoms with Gasteiger partial charge < -0.3 is 9.47 Å². The molecule has 0 radical (unpaired) electrons. The molecule has 1 aliphatic heterocycles. The molecule has 0 N–H and O–H groups in total. The Hall–Kier alpha value is -1.59. The van der Waals surface area contributed by atoms with Gasteiger partial charge in [0.15, 0.2) is 0 Å². The second-order valence-corrected chi connectivity index (χ2v) is 5.23. The third-order valence-electron chi connectivity index (χ3n) is 2.13. The quantitative estimate of drug-likeness (QED) is 0.519. The molecule has 1 aliphatic rings. The summed E-state index contributed by atoms with van der Waals surface area (Å²) >= 11 is 0. The maximum absolute atomic E-state index is 11.8. The molecule has 6 nitrogen and oxygen atoms in total. The van der Waals surface area contributed by atoms with Crippen LogP contribution in [0.5, 0.6) is 0 Å². The molecule has 1 fully saturated rings. The molecule has 6 heteroatoms. The summed E-state index contributed by atoms with van der Waals surface area (Å²) in [5.41, 5.74) is -0.732. The van der Waals surface area contributed by atoms with Crippen molar-refractivity contribution in [3.63, 3.8) is 0 Å². The van der Waals surface area contributed by atoms with E-state index in [1.807, 2.05) is 0 Å². The lowest BCUT2D eigenvalue weighted by Gasteiger charge is -2.25. The highest BCUT2D eigenvalue weighted by molar-refractivity contribution is 6.03. The van der Waals surface area contributed by atoms with E-state index in [4.69, 9.17) is 4.74 Å². The van der Waals surface area contributed by atoms with Gasteiger partial charge in [-0.3, -0.25) is 0 Å². The standard InChI is InChI=1S/C11H17NO5/c1-6(2)7-8(13)16-9(14)12(7)10(15)17-11(3,4)5/h6-7H,1-5H3/t7-/m1/s1. The molecule has 1 atom stereocenters. The molecule has 17 heavy (non-hydrogen) atoms. The molecule has 1 saturated heterocycles. The fourth-order valence-electron chi connectivity index (χ4n) is 1.48. The lowest BCUT2D eigenvalue weighted by atomic mass is 10.0. The minimum Gasteiger partial charge on any atom is -0.443 e. The highest BCUT2D eigenvalue weighted by Gasteiger charge is 2.48. The van der Waals surface area contributed by atoms with Crippen molar-refractivity contribution >= 4 is 18.2 Å². The topological polar surface area (TPSA) is 72.9 Å². The van der Waals surface area contributed by atoms with Gasteiger partial charge in [-0.05, 0) is 26.7 Å². The van der Waals surface area contributed by atoms with Crippen LogP contribution in [0.15, 0.2) is 0 Å². The summed E-state index contributed by atoms with van der Waals surface area (Å²) in [4.78, 5) is 35.3. The molecule has 0 aliphatic carbocycles. The minimum absolute atomic E-state index is 0.221. The molecule has 0 unspecified atom stereocenters. The van der Waals surface area contributed by atoms with E-state index in [9.17, 15) is 14.4 Å². The number of hydrogen-bond acceptors (Lipinski definition) is 5. The van der Waals surface area contributed by atoms with E-state index in [1.165, 1.54) is 0 Å². The van der Waals surface area contributed by atoms with Gasteiger partial charge in [0.2, 0.25) is 0 Å². The van der Waals surface area contributed by atoms with Crippen molar-refractivity contribution in [2.24, 2.45) is 5.92 Å². The van der Waals surface area contributed by atoms with Gasteiger partial charge in [-0.25, -0.2) is 14.4 Å². The average Bonchev–Trinajstić information content (AvgIpc) is 2.37. The summed E-state index contributed by atoms with van der Waals surface area (Å²) in [6.07, 6.45) is -1.82. The summed E-state index contributed by atoms with van der Waals surface area (Å²) in [5.74, 6) is -0.933. The molecule has 96 valence electrons. The average molecular weight is 243 g/mol. The van der Waals surface area contributed by atoms with Crippen LogP contribution in [0.1, 0.15) is 34.6 Å². The molecule has 0 spiro atoms. The number of esters is 1. The lowest BCUT2D eigenvalue weighted by molar-refractivity contribution is -0.136. The summed E-state index contributed by atoms with van der Waals surface area (Å²) in [6.45, 7) is 8.49.